The highest BCUT2D eigenvalue weighted by molar-refractivity contribution is 4.87. The Morgan fingerprint density at radius 1 is 1.77 bits per heavy atom. The summed E-state index contributed by atoms with van der Waals surface area (Å²) < 4.78 is 5.47. The summed E-state index contributed by atoms with van der Waals surface area (Å²) in [5.74, 6) is 0.0129. The predicted molar refractivity (Wildman–Crippen MR) is 49.0 cm³/mol. The van der Waals surface area contributed by atoms with Crippen LogP contribution in [0.2, 0.25) is 0 Å². The molecule has 74 valence electrons. The fraction of sp³-hybridized carbons (Fsp3) is 0.900. The number of hydrogen-bond donors (Lipinski definition) is 1. The van der Waals surface area contributed by atoms with Crippen molar-refractivity contribution in [3.8, 4) is 6.07 Å². The lowest BCUT2D eigenvalue weighted by atomic mass is 9.89. The Bertz CT molecular complexity index is 207. The van der Waals surface area contributed by atoms with Gasteiger partial charge in [-0.15, -0.1) is 0 Å². The number of nitriles is 1. The summed E-state index contributed by atoms with van der Waals surface area (Å²) in [6.07, 6.45) is 2.13. The van der Waals surface area contributed by atoms with Crippen molar-refractivity contribution in [2.75, 3.05) is 6.61 Å². The van der Waals surface area contributed by atoms with E-state index in [0.29, 0.717) is 19.4 Å². The van der Waals surface area contributed by atoms with E-state index >= 15 is 0 Å². The largest absolute Gasteiger partial charge is 0.390 e. The van der Waals surface area contributed by atoms with Crippen molar-refractivity contribution in [3.63, 3.8) is 0 Å². The first-order valence-electron chi connectivity index (χ1n) is 4.77. The van der Waals surface area contributed by atoms with E-state index in [0.717, 1.165) is 6.42 Å². The third-order valence-corrected chi connectivity index (χ3v) is 2.50. The molecule has 0 aromatic heterocycles. The van der Waals surface area contributed by atoms with Crippen molar-refractivity contribution >= 4 is 0 Å². The maximum absolute atomic E-state index is 9.77. The van der Waals surface area contributed by atoms with Gasteiger partial charge in [-0.05, 0) is 26.7 Å². The lowest BCUT2D eigenvalue weighted by Gasteiger charge is -2.34. The molecule has 0 spiro atoms. The van der Waals surface area contributed by atoms with Crippen LogP contribution in [-0.2, 0) is 4.74 Å². The van der Waals surface area contributed by atoms with Crippen molar-refractivity contribution in [2.24, 2.45) is 5.92 Å². The van der Waals surface area contributed by atoms with Crippen LogP contribution in [0.4, 0.5) is 0 Å². The number of hydrogen-bond acceptors (Lipinski definition) is 3. The standard InChI is InChI=1S/C10H17NO2/c1-8(7-11)5-9-6-10(2,12)3-4-13-9/h8-9,12H,3-6H2,1-2H3. The zero-order valence-electron chi connectivity index (χ0n) is 8.29. The van der Waals surface area contributed by atoms with Gasteiger partial charge in [-0.2, -0.15) is 5.26 Å². The number of aliphatic hydroxyl groups is 1. The van der Waals surface area contributed by atoms with Crippen LogP contribution in [0.1, 0.15) is 33.1 Å². The van der Waals surface area contributed by atoms with Crippen LogP contribution in [0.3, 0.4) is 0 Å². The third-order valence-electron chi connectivity index (χ3n) is 2.50. The monoisotopic (exact) mass is 183 g/mol. The molecule has 0 aromatic carbocycles. The van der Waals surface area contributed by atoms with E-state index in [1.807, 2.05) is 13.8 Å². The fourth-order valence-electron chi connectivity index (χ4n) is 1.70. The lowest BCUT2D eigenvalue weighted by molar-refractivity contribution is -0.0975. The fourth-order valence-corrected chi connectivity index (χ4v) is 1.70. The zero-order chi connectivity index (χ0) is 9.90. The Labute approximate surface area is 79.3 Å². The second-order valence-corrected chi connectivity index (χ2v) is 4.21. The number of rotatable bonds is 2. The van der Waals surface area contributed by atoms with Gasteiger partial charge >= 0.3 is 0 Å². The Balaban J connectivity index is 2.40. The summed E-state index contributed by atoms with van der Waals surface area (Å²) in [5, 5.41) is 18.4. The van der Waals surface area contributed by atoms with Crippen LogP contribution in [0, 0.1) is 17.2 Å². The number of nitrogens with zero attached hydrogens (tertiary/aromatic N) is 1. The SMILES string of the molecule is CC(C#N)CC1CC(C)(O)CCO1. The highest BCUT2D eigenvalue weighted by atomic mass is 16.5. The molecular weight excluding hydrogens is 166 g/mol. The summed E-state index contributed by atoms with van der Waals surface area (Å²) in [6.45, 7) is 4.32. The first-order chi connectivity index (χ1) is 6.03. The first-order valence-corrected chi connectivity index (χ1v) is 4.77. The summed E-state index contributed by atoms with van der Waals surface area (Å²) in [4.78, 5) is 0. The van der Waals surface area contributed by atoms with Gasteiger partial charge in [0.2, 0.25) is 0 Å². The summed E-state index contributed by atoms with van der Waals surface area (Å²) in [7, 11) is 0. The summed E-state index contributed by atoms with van der Waals surface area (Å²) in [6, 6.07) is 2.18. The van der Waals surface area contributed by atoms with Crippen LogP contribution < -0.4 is 0 Å². The molecule has 1 aliphatic rings. The molecule has 3 heteroatoms. The molecule has 1 aliphatic heterocycles. The van der Waals surface area contributed by atoms with Crippen LogP contribution in [0.15, 0.2) is 0 Å². The minimum absolute atomic E-state index is 0.0129. The smallest absolute Gasteiger partial charge is 0.0666 e. The van der Waals surface area contributed by atoms with E-state index in [-0.39, 0.29) is 12.0 Å². The Kier molecular flexibility index (Phi) is 3.29. The Morgan fingerprint density at radius 3 is 3.00 bits per heavy atom. The molecule has 1 fully saturated rings. The molecule has 1 heterocycles. The molecule has 0 amide bonds. The lowest BCUT2D eigenvalue weighted by Crippen LogP contribution is -2.38. The van der Waals surface area contributed by atoms with Gasteiger partial charge < -0.3 is 9.84 Å². The molecule has 1 rings (SSSR count). The quantitative estimate of drug-likeness (QED) is 0.705. The molecule has 3 nitrogen and oxygen atoms in total. The van der Waals surface area contributed by atoms with E-state index in [1.165, 1.54) is 0 Å². The molecule has 0 aromatic rings. The van der Waals surface area contributed by atoms with Gasteiger partial charge in [-0.3, -0.25) is 0 Å². The van der Waals surface area contributed by atoms with Gasteiger partial charge in [-0.1, -0.05) is 0 Å². The van der Waals surface area contributed by atoms with E-state index in [9.17, 15) is 5.11 Å². The average Bonchev–Trinajstić information content (AvgIpc) is 2.02. The van der Waals surface area contributed by atoms with Gasteiger partial charge in [0, 0.05) is 18.9 Å². The van der Waals surface area contributed by atoms with Gasteiger partial charge in [-0.25, -0.2) is 0 Å². The van der Waals surface area contributed by atoms with Crippen molar-refractivity contribution in [1.82, 2.24) is 0 Å². The second kappa shape index (κ2) is 4.08. The van der Waals surface area contributed by atoms with Gasteiger partial charge in [0.1, 0.15) is 0 Å². The third kappa shape index (κ3) is 3.33. The molecule has 0 aliphatic carbocycles. The molecule has 0 bridgehead atoms. The Hall–Kier alpha value is -0.590. The highest BCUT2D eigenvalue weighted by Gasteiger charge is 2.31. The van der Waals surface area contributed by atoms with E-state index in [1.54, 1.807) is 0 Å². The highest BCUT2D eigenvalue weighted by Crippen LogP contribution is 2.27. The van der Waals surface area contributed by atoms with E-state index < -0.39 is 5.60 Å². The van der Waals surface area contributed by atoms with E-state index in [2.05, 4.69) is 6.07 Å². The molecule has 3 unspecified atom stereocenters. The molecule has 0 radical (unpaired) electrons. The van der Waals surface area contributed by atoms with Crippen molar-refractivity contribution in [2.45, 2.75) is 44.8 Å². The Morgan fingerprint density at radius 2 is 2.46 bits per heavy atom. The van der Waals surface area contributed by atoms with Gasteiger partial charge in [0.15, 0.2) is 0 Å². The molecule has 13 heavy (non-hydrogen) atoms. The maximum atomic E-state index is 9.77. The van der Waals surface area contributed by atoms with Crippen LogP contribution >= 0.6 is 0 Å². The molecule has 3 atom stereocenters. The van der Waals surface area contributed by atoms with Crippen LogP contribution in [-0.4, -0.2) is 23.4 Å². The summed E-state index contributed by atoms with van der Waals surface area (Å²) in [5.41, 5.74) is -0.599. The summed E-state index contributed by atoms with van der Waals surface area (Å²) >= 11 is 0. The molecular formula is C10H17NO2. The first kappa shape index (κ1) is 10.5. The minimum atomic E-state index is -0.599. The predicted octanol–water partition coefficient (Wildman–Crippen LogP) is 1.47. The number of ether oxygens (including phenoxy) is 1. The van der Waals surface area contributed by atoms with E-state index in [4.69, 9.17) is 10.00 Å². The van der Waals surface area contributed by atoms with Gasteiger partial charge in [0.05, 0.1) is 17.8 Å². The zero-order valence-corrected chi connectivity index (χ0v) is 8.29. The van der Waals surface area contributed by atoms with Crippen molar-refractivity contribution in [1.29, 1.82) is 5.26 Å². The topological polar surface area (TPSA) is 53.2 Å². The van der Waals surface area contributed by atoms with Crippen molar-refractivity contribution in [3.05, 3.63) is 0 Å². The maximum Gasteiger partial charge on any atom is 0.0666 e. The van der Waals surface area contributed by atoms with Crippen molar-refractivity contribution < 1.29 is 9.84 Å². The second-order valence-electron chi connectivity index (χ2n) is 4.21. The molecule has 1 N–H and O–H groups in total. The average molecular weight is 183 g/mol. The molecule has 0 saturated carbocycles. The van der Waals surface area contributed by atoms with Gasteiger partial charge in [0.25, 0.3) is 0 Å². The normalized spacial score (nSPS) is 36.6. The minimum Gasteiger partial charge on any atom is -0.390 e. The van der Waals surface area contributed by atoms with Crippen LogP contribution in [0.25, 0.3) is 0 Å². The molecule has 1 saturated heterocycles. The van der Waals surface area contributed by atoms with Crippen LogP contribution in [0.5, 0.6) is 0 Å².